The summed E-state index contributed by atoms with van der Waals surface area (Å²) in [5.74, 6) is 0.633. The third-order valence-electron chi connectivity index (χ3n) is 3.51. The van der Waals surface area contributed by atoms with Gasteiger partial charge in [-0.25, -0.2) is 0 Å². The maximum atomic E-state index is 5.86. The molecule has 18 heavy (non-hydrogen) atoms. The highest BCUT2D eigenvalue weighted by Crippen LogP contribution is 2.25. The second kappa shape index (κ2) is 4.82. The van der Waals surface area contributed by atoms with Crippen LogP contribution >= 0.6 is 0 Å². The Bertz CT molecular complexity index is 526. The predicted octanol–water partition coefficient (Wildman–Crippen LogP) is 2.25. The van der Waals surface area contributed by atoms with Gasteiger partial charge in [0.2, 0.25) is 0 Å². The van der Waals surface area contributed by atoms with Crippen molar-refractivity contribution in [2.45, 2.75) is 19.4 Å². The van der Waals surface area contributed by atoms with Gasteiger partial charge in [-0.1, -0.05) is 18.2 Å². The van der Waals surface area contributed by atoms with Crippen LogP contribution in [0.25, 0.3) is 11.1 Å². The molecule has 1 aliphatic rings. The SMILES string of the molecule is Nc1[nH]ncc1-c1cccc(CN2CCCC2)c1. The van der Waals surface area contributed by atoms with E-state index in [4.69, 9.17) is 5.73 Å². The number of nitrogens with two attached hydrogens (primary N) is 1. The molecule has 0 bridgehead atoms. The smallest absolute Gasteiger partial charge is 0.126 e. The quantitative estimate of drug-likeness (QED) is 0.868. The number of aromatic amines is 1. The van der Waals surface area contributed by atoms with E-state index in [2.05, 4.69) is 39.4 Å². The van der Waals surface area contributed by atoms with E-state index in [1.165, 1.54) is 31.5 Å². The van der Waals surface area contributed by atoms with Crippen molar-refractivity contribution in [2.24, 2.45) is 0 Å². The average molecular weight is 242 g/mol. The van der Waals surface area contributed by atoms with Gasteiger partial charge >= 0.3 is 0 Å². The van der Waals surface area contributed by atoms with E-state index >= 15 is 0 Å². The van der Waals surface area contributed by atoms with E-state index < -0.39 is 0 Å². The van der Waals surface area contributed by atoms with Gasteiger partial charge in [0.15, 0.2) is 0 Å². The van der Waals surface area contributed by atoms with Crippen molar-refractivity contribution >= 4 is 5.82 Å². The maximum Gasteiger partial charge on any atom is 0.126 e. The van der Waals surface area contributed by atoms with Crippen LogP contribution in [0.3, 0.4) is 0 Å². The minimum absolute atomic E-state index is 0.633. The number of hydrogen-bond acceptors (Lipinski definition) is 3. The molecular weight excluding hydrogens is 224 g/mol. The van der Waals surface area contributed by atoms with Gasteiger partial charge in [-0.05, 0) is 43.1 Å². The fourth-order valence-corrected chi connectivity index (χ4v) is 2.56. The summed E-state index contributed by atoms with van der Waals surface area (Å²) in [7, 11) is 0. The number of nitrogen functional groups attached to an aromatic ring is 1. The van der Waals surface area contributed by atoms with Crippen molar-refractivity contribution < 1.29 is 0 Å². The Hall–Kier alpha value is -1.81. The van der Waals surface area contributed by atoms with Crippen LogP contribution in [0, 0.1) is 0 Å². The van der Waals surface area contributed by atoms with Gasteiger partial charge in [0.1, 0.15) is 5.82 Å². The molecule has 4 heteroatoms. The number of rotatable bonds is 3. The monoisotopic (exact) mass is 242 g/mol. The number of hydrogen-bond donors (Lipinski definition) is 2. The molecule has 1 aliphatic heterocycles. The fourth-order valence-electron chi connectivity index (χ4n) is 2.56. The fraction of sp³-hybridized carbons (Fsp3) is 0.357. The molecule has 1 fully saturated rings. The second-order valence-corrected chi connectivity index (χ2v) is 4.88. The van der Waals surface area contributed by atoms with E-state index in [1.807, 2.05) is 0 Å². The van der Waals surface area contributed by atoms with Gasteiger partial charge in [-0.15, -0.1) is 0 Å². The molecule has 0 amide bonds. The van der Waals surface area contributed by atoms with Gasteiger partial charge in [-0.2, -0.15) is 5.10 Å². The van der Waals surface area contributed by atoms with E-state index in [1.54, 1.807) is 6.20 Å². The number of benzene rings is 1. The molecule has 1 aromatic heterocycles. The molecular formula is C14H18N4. The summed E-state index contributed by atoms with van der Waals surface area (Å²) in [6.45, 7) is 3.47. The number of anilines is 1. The van der Waals surface area contributed by atoms with Crippen LogP contribution in [-0.2, 0) is 6.54 Å². The first-order valence-electron chi connectivity index (χ1n) is 6.43. The Morgan fingerprint density at radius 1 is 1.28 bits per heavy atom. The van der Waals surface area contributed by atoms with Crippen LogP contribution in [0.4, 0.5) is 5.82 Å². The van der Waals surface area contributed by atoms with E-state index in [-0.39, 0.29) is 0 Å². The van der Waals surface area contributed by atoms with Crippen LogP contribution in [-0.4, -0.2) is 28.2 Å². The summed E-state index contributed by atoms with van der Waals surface area (Å²) in [4.78, 5) is 2.50. The number of H-pyrrole nitrogens is 1. The highest BCUT2D eigenvalue weighted by Gasteiger charge is 2.12. The highest BCUT2D eigenvalue weighted by atomic mass is 15.1. The first-order chi connectivity index (χ1) is 8.83. The van der Waals surface area contributed by atoms with Gasteiger partial charge in [-0.3, -0.25) is 10.00 Å². The van der Waals surface area contributed by atoms with Gasteiger partial charge < -0.3 is 5.73 Å². The van der Waals surface area contributed by atoms with E-state index in [9.17, 15) is 0 Å². The molecule has 1 saturated heterocycles. The lowest BCUT2D eigenvalue weighted by atomic mass is 10.1. The van der Waals surface area contributed by atoms with Gasteiger partial charge in [0.25, 0.3) is 0 Å². The largest absolute Gasteiger partial charge is 0.384 e. The molecule has 3 N–H and O–H groups in total. The van der Waals surface area contributed by atoms with Gasteiger partial charge in [0.05, 0.1) is 6.20 Å². The number of nitrogens with one attached hydrogen (secondary N) is 1. The van der Waals surface area contributed by atoms with Crippen molar-refractivity contribution in [3.63, 3.8) is 0 Å². The van der Waals surface area contributed by atoms with Crippen LogP contribution in [0.2, 0.25) is 0 Å². The highest BCUT2D eigenvalue weighted by molar-refractivity contribution is 5.73. The first-order valence-corrected chi connectivity index (χ1v) is 6.43. The predicted molar refractivity (Wildman–Crippen MR) is 72.9 cm³/mol. The number of likely N-dealkylation sites (tertiary alicyclic amines) is 1. The Morgan fingerprint density at radius 3 is 2.83 bits per heavy atom. The number of aromatic nitrogens is 2. The Labute approximate surface area is 107 Å². The van der Waals surface area contributed by atoms with Crippen molar-refractivity contribution in [1.29, 1.82) is 0 Å². The Kier molecular flexibility index (Phi) is 3.02. The minimum Gasteiger partial charge on any atom is -0.384 e. The molecule has 0 atom stereocenters. The topological polar surface area (TPSA) is 57.9 Å². The second-order valence-electron chi connectivity index (χ2n) is 4.88. The zero-order valence-electron chi connectivity index (χ0n) is 10.4. The summed E-state index contributed by atoms with van der Waals surface area (Å²) in [6, 6.07) is 8.56. The maximum absolute atomic E-state index is 5.86. The van der Waals surface area contributed by atoms with E-state index in [0.717, 1.165) is 17.7 Å². The third kappa shape index (κ3) is 2.24. The van der Waals surface area contributed by atoms with Crippen molar-refractivity contribution in [3.8, 4) is 11.1 Å². The molecule has 0 unspecified atom stereocenters. The molecule has 0 aliphatic carbocycles. The van der Waals surface area contributed by atoms with Crippen molar-refractivity contribution in [3.05, 3.63) is 36.0 Å². The summed E-state index contributed by atoms with van der Waals surface area (Å²) >= 11 is 0. The molecule has 94 valence electrons. The van der Waals surface area contributed by atoms with Crippen molar-refractivity contribution in [2.75, 3.05) is 18.8 Å². The van der Waals surface area contributed by atoms with Crippen molar-refractivity contribution in [1.82, 2.24) is 15.1 Å². The standard InChI is InChI=1S/C14H18N4/c15-14-13(9-16-17-14)12-5-3-4-11(8-12)10-18-6-1-2-7-18/h3-5,8-9H,1-2,6-7,10H2,(H3,15,16,17). The Balaban J connectivity index is 1.82. The molecule has 0 spiro atoms. The first kappa shape index (κ1) is 11.3. The van der Waals surface area contributed by atoms with Crippen LogP contribution in [0.15, 0.2) is 30.5 Å². The zero-order valence-corrected chi connectivity index (χ0v) is 10.4. The molecule has 4 nitrogen and oxygen atoms in total. The Morgan fingerprint density at radius 2 is 2.11 bits per heavy atom. The molecule has 0 saturated carbocycles. The summed E-state index contributed by atoms with van der Waals surface area (Å²) in [5.41, 5.74) is 9.32. The van der Waals surface area contributed by atoms with E-state index in [0.29, 0.717) is 5.82 Å². The minimum atomic E-state index is 0.633. The molecule has 3 rings (SSSR count). The number of nitrogens with zero attached hydrogens (tertiary/aromatic N) is 2. The van der Waals surface area contributed by atoms with Gasteiger partial charge in [0, 0.05) is 12.1 Å². The lowest BCUT2D eigenvalue weighted by Gasteiger charge is -2.15. The lowest BCUT2D eigenvalue weighted by Crippen LogP contribution is -2.18. The summed E-state index contributed by atoms with van der Waals surface area (Å²) in [5, 5.41) is 6.75. The molecule has 1 aromatic carbocycles. The van der Waals surface area contributed by atoms with Crippen LogP contribution < -0.4 is 5.73 Å². The normalized spacial score (nSPS) is 16.2. The average Bonchev–Trinajstić information content (AvgIpc) is 3.01. The molecule has 2 heterocycles. The van der Waals surface area contributed by atoms with Crippen LogP contribution in [0.1, 0.15) is 18.4 Å². The molecule has 0 radical (unpaired) electrons. The van der Waals surface area contributed by atoms with Crippen LogP contribution in [0.5, 0.6) is 0 Å². The third-order valence-corrected chi connectivity index (χ3v) is 3.51. The lowest BCUT2D eigenvalue weighted by molar-refractivity contribution is 0.331. The summed E-state index contributed by atoms with van der Waals surface area (Å²) in [6.07, 6.45) is 4.44. The zero-order chi connectivity index (χ0) is 12.4. The summed E-state index contributed by atoms with van der Waals surface area (Å²) < 4.78 is 0. The molecule has 2 aromatic rings.